The standard InChI is InChI=1S/C16H28N2O4/c1-15(2,3)22-14(20)18-11-5-6-12(18)10-16(9-11,7-8-17)13(19)21-4/h11-12H,5-10,17H2,1-4H3. The zero-order valence-electron chi connectivity index (χ0n) is 14.1. The van der Waals surface area contributed by atoms with Crippen molar-refractivity contribution in [1.29, 1.82) is 0 Å². The summed E-state index contributed by atoms with van der Waals surface area (Å²) in [6, 6.07) is 0.0819. The number of hydrogen-bond donors (Lipinski definition) is 1. The maximum atomic E-state index is 12.4. The van der Waals surface area contributed by atoms with Gasteiger partial charge in [-0.1, -0.05) is 0 Å². The van der Waals surface area contributed by atoms with Crippen LogP contribution in [0.2, 0.25) is 0 Å². The van der Waals surface area contributed by atoms with E-state index >= 15 is 0 Å². The lowest BCUT2D eigenvalue weighted by Gasteiger charge is -2.44. The van der Waals surface area contributed by atoms with Gasteiger partial charge in [0.1, 0.15) is 5.60 Å². The molecule has 6 nitrogen and oxygen atoms in total. The molecule has 2 atom stereocenters. The van der Waals surface area contributed by atoms with E-state index in [1.54, 1.807) is 0 Å². The summed E-state index contributed by atoms with van der Waals surface area (Å²) >= 11 is 0. The number of amides is 1. The van der Waals surface area contributed by atoms with Gasteiger partial charge < -0.3 is 20.1 Å². The summed E-state index contributed by atoms with van der Waals surface area (Å²) in [7, 11) is 1.42. The Morgan fingerprint density at radius 3 is 2.18 bits per heavy atom. The van der Waals surface area contributed by atoms with E-state index < -0.39 is 11.0 Å². The van der Waals surface area contributed by atoms with Crippen molar-refractivity contribution in [2.24, 2.45) is 11.1 Å². The fourth-order valence-electron chi connectivity index (χ4n) is 3.93. The number of nitrogens with two attached hydrogens (primary N) is 1. The van der Waals surface area contributed by atoms with E-state index in [0.29, 0.717) is 25.8 Å². The molecule has 2 N–H and O–H groups in total. The second kappa shape index (κ2) is 6.07. The Hall–Kier alpha value is -1.30. The van der Waals surface area contributed by atoms with Crippen LogP contribution in [-0.2, 0) is 14.3 Å². The molecular formula is C16H28N2O4. The minimum absolute atomic E-state index is 0.0410. The third-order valence-electron chi connectivity index (χ3n) is 4.72. The maximum Gasteiger partial charge on any atom is 0.410 e. The molecule has 2 heterocycles. The molecule has 6 heteroatoms. The Bertz CT molecular complexity index is 430. The van der Waals surface area contributed by atoms with Crippen LogP contribution in [0.3, 0.4) is 0 Å². The van der Waals surface area contributed by atoms with Crippen molar-refractivity contribution in [3.63, 3.8) is 0 Å². The van der Waals surface area contributed by atoms with Gasteiger partial charge in [0.2, 0.25) is 0 Å². The first-order valence-corrected chi connectivity index (χ1v) is 8.02. The van der Waals surface area contributed by atoms with Crippen molar-refractivity contribution in [3.05, 3.63) is 0 Å². The minimum Gasteiger partial charge on any atom is -0.469 e. The average molecular weight is 312 g/mol. The summed E-state index contributed by atoms with van der Waals surface area (Å²) < 4.78 is 10.5. The first-order valence-electron chi connectivity index (χ1n) is 8.02. The van der Waals surface area contributed by atoms with Gasteiger partial charge in [0.25, 0.3) is 0 Å². The van der Waals surface area contributed by atoms with E-state index in [1.165, 1.54) is 7.11 Å². The van der Waals surface area contributed by atoms with Crippen molar-refractivity contribution < 1.29 is 19.1 Å². The van der Waals surface area contributed by atoms with Crippen LogP contribution in [0.1, 0.15) is 52.9 Å². The summed E-state index contributed by atoms with van der Waals surface area (Å²) in [6.07, 6.45) is 3.39. The topological polar surface area (TPSA) is 81.9 Å². The van der Waals surface area contributed by atoms with Crippen molar-refractivity contribution in [1.82, 2.24) is 4.90 Å². The second-order valence-corrected chi connectivity index (χ2v) is 7.49. The van der Waals surface area contributed by atoms with Crippen molar-refractivity contribution in [2.75, 3.05) is 13.7 Å². The molecule has 2 bridgehead atoms. The van der Waals surface area contributed by atoms with Crippen LogP contribution >= 0.6 is 0 Å². The molecule has 2 fully saturated rings. The highest BCUT2D eigenvalue weighted by Crippen LogP contribution is 2.48. The van der Waals surface area contributed by atoms with Crippen LogP contribution < -0.4 is 5.73 Å². The molecule has 0 spiro atoms. The van der Waals surface area contributed by atoms with E-state index in [2.05, 4.69) is 0 Å². The van der Waals surface area contributed by atoms with Gasteiger partial charge in [-0.05, 0) is 59.4 Å². The molecule has 0 aromatic heterocycles. The summed E-state index contributed by atoms with van der Waals surface area (Å²) in [6.45, 7) is 6.04. The molecule has 2 aliphatic heterocycles. The van der Waals surface area contributed by atoms with Crippen LogP contribution in [-0.4, -0.2) is 48.3 Å². The SMILES string of the molecule is COC(=O)C1(CCN)CC2CCC(C1)N2C(=O)OC(C)(C)C. The molecule has 0 aromatic carbocycles. The van der Waals surface area contributed by atoms with Gasteiger partial charge in [-0.15, -0.1) is 0 Å². The number of fused-ring (bicyclic) bond motifs is 2. The number of esters is 1. The van der Waals surface area contributed by atoms with E-state index in [0.717, 1.165) is 12.8 Å². The van der Waals surface area contributed by atoms with E-state index in [1.807, 2.05) is 25.7 Å². The monoisotopic (exact) mass is 312 g/mol. The molecule has 0 radical (unpaired) electrons. The highest BCUT2D eigenvalue weighted by atomic mass is 16.6. The minimum atomic E-state index is -0.548. The van der Waals surface area contributed by atoms with Gasteiger partial charge in [-0.25, -0.2) is 4.79 Å². The van der Waals surface area contributed by atoms with Gasteiger partial charge in [0.05, 0.1) is 12.5 Å². The van der Waals surface area contributed by atoms with E-state index in [4.69, 9.17) is 15.2 Å². The molecule has 126 valence electrons. The third-order valence-corrected chi connectivity index (χ3v) is 4.72. The highest BCUT2D eigenvalue weighted by Gasteiger charge is 2.54. The number of carbonyl (C=O) groups is 2. The molecule has 22 heavy (non-hydrogen) atoms. The lowest BCUT2D eigenvalue weighted by atomic mass is 9.72. The molecule has 2 saturated heterocycles. The Kier molecular flexibility index (Phi) is 4.70. The zero-order valence-corrected chi connectivity index (χ0v) is 14.1. The zero-order chi connectivity index (χ0) is 16.5. The van der Waals surface area contributed by atoms with Crippen molar-refractivity contribution in [3.8, 4) is 0 Å². The van der Waals surface area contributed by atoms with E-state index in [9.17, 15) is 9.59 Å². The predicted molar refractivity (Wildman–Crippen MR) is 82.2 cm³/mol. The summed E-state index contributed by atoms with van der Waals surface area (Å²) in [5, 5.41) is 0. The van der Waals surface area contributed by atoms with E-state index in [-0.39, 0.29) is 24.1 Å². The Labute approximate surface area is 132 Å². The predicted octanol–water partition coefficient (Wildman–Crippen LogP) is 2.06. The van der Waals surface area contributed by atoms with Gasteiger partial charge in [-0.3, -0.25) is 4.79 Å². The number of piperidine rings is 1. The average Bonchev–Trinajstić information content (AvgIpc) is 2.69. The van der Waals surface area contributed by atoms with Gasteiger partial charge in [0.15, 0.2) is 0 Å². The van der Waals surface area contributed by atoms with Crippen LogP contribution in [0.15, 0.2) is 0 Å². The Morgan fingerprint density at radius 1 is 1.23 bits per heavy atom. The van der Waals surface area contributed by atoms with Crippen molar-refractivity contribution >= 4 is 12.1 Å². The molecule has 0 saturated carbocycles. The summed E-state index contributed by atoms with van der Waals surface area (Å²) in [4.78, 5) is 26.6. The number of hydrogen-bond acceptors (Lipinski definition) is 5. The number of nitrogens with zero attached hydrogens (tertiary/aromatic N) is 1. The number of ether oxygens (including phenoxy) is 2. The lowest BCUT2D eigenvalue weighted by molar-refractivity contribution is -0.158. The first kappa shape index (κ1) is 17.1. The first-order chi connectivity index (χ1) is 10.2. The molecule has 2 aliphatic rings. The van der Waals surface area contributed by atoms with Gasteiger partial charge >= 0.3 is 12.1 Å². The largest absolute Gasteiger partial charge is 0.469 e. The molecule has 0 aromatic rings. The number of methoxy groups -OCH3 is 1. The maximum absolute atomic E-state index is 12.4. The van der Waals surface area contributed by atoms with Gasteiger partial charge in [0, 0.05) is 12.1 Å². The number of carbonyl (C=O) groups excluding carboxylic acids is 2. The molecule has 0 aliphatic carbocycles. The lowest BCUT2D eigenvalue weighted by Crippen LogP contribution is -2.54. The normalized spacial score (nSPS) is 31.0. The second-order valence-electron chi connectivity index (χ2n) is 7.49. The summed E-state index contributed by atoms with van der Waals surface area (Å²) in [5.74, 6) is -0.196. The molecule has 2 unspecified atom stereocenters. The fraction of sp³-hybridized carbons (Fsp3) is 0.875. The van der Waals surface area contributed by atoms with Crippen LogP contribution in [0, 0.1) is 5.41 Å². The Morgan fingerprint density at radius 2 is 1.77 bits per heavy atom. The number of rotatable bonds is 3. The highest BCUT2D eigenvalue weighted by molar-refractivity contribution is 5.78. The van der Waals surface area contributed by atoms with Crippen LogP contribution in [0.5, 0.6) is 0 Å². The van der Waals surface area contributed by atoms with Crippen LogP contribution in [0.4, 0.5) is 4.79 Å². The summed E-state index contributed by atoms with van der Waals surface area (Å²) in [5.41, 5.74) is 4.66. The van der Waals surface area contributed by atoms with Crippen molar-refractivity contribution in [2.45, 2.75) is 70.6 Å². The van der Waals surface area contributed by atoms with Gasteiger partial charge in [-0.2, -0.15) is 0 Å². The smallest absolute Gasteiger partial charge is 0.410 e. The fourth-order valence-corrected chi connectivity index (χ4v) is 3.93. The Balaban J connectivity index is 2.17. The molecular weight excluding hydrogens is 284 g/mol. The molecule has 1 amide bonds. The van der Waals surface area contributed by atoms with Crippen LogP contribution in [0.25, 0.3) is 0 Å². The quantitative estimate of drug-likeness (QED) is 0.807. The molecule has 2 rings (SSSR count). The third kappa shape index (κ3) is 3.21.